The smallest absolute Gasteiger partial charge is 0.354 e. The van der Waals surface area contributed by atoms with Gasteiger partial charge in [-0.05, 0) is 19.1 Å². The number of carbonyl (C=O) groups is 2. The summed E-state index contributed by atoms with van der Waals surface area (Å²) in [6.07, 6.45) is 0. The van der Waals surface area contributed by atoms with Gasteiger partial charge in [0.25, 0.3) is 0 Å². The Hall–Kier alpha value is -2.21. The van der Waals surface area contributed by atoms with Crippen LogP contribution in [0.1, 0.15) is 33.3 Å². The number of aromatic nitrogens is 1. The molecule has 0 saturated carbocycles. The van der Waals surface area contributed by atoms with Gasteiger partial charge in [-0.1, -0.05) is 29.5 Å². The number of nitrogens with zero attached hydrogens (tertiary/aromatic N) is 1. The fourth-order valence-corrected chi connectivity index (χ4v) is 2.23. The second kappa shape index (κ2) is 6.29. The van der Waals surface area contributed by atoms with Crippen molar-refractivity contribution in [2.75, 3.05) is 6.61 Å². The van der Waals surface area contributed by atoms with Gasteiger partial charge in [0.1, 0.15) is 5.75 Å². The van der Waals surface area contributed by atoms with E-state index in [-0.39, 0.29) is 28.2 Å². The van der Waals surface area contributed by atoms with Crippen LogP contribution in [0.15, 0.2) is 30.3 Å². The monoisotopic (exact) mass is 291 g/mol. The minimum atomic E-state index is -0.538. The molecule has 0 fully saturated rings. The SMILES string of the molecule is CCOC(=O)c1sc(C(C)=O)nc1Oc1ccccc1. The quantitative estimate of drug-likeness (QED) is 0.624. The first-order chi connectivity index (χ1) is 9.61. The number of thiazole rings is 1. The Bertz CT molecular complexity index is 621. The van der Waals surface area contributed by atoms with Gasteiger partial charge < -0.3 is 9.47 Å². The summed E-state index contributed by atoms with van der Waals surface area (Å²) in [5.41, 5.74) is 0. The number of ketones is 1. The summed E-state index contributed by atoms with van der Waals surface area (Å²) in [5, 5.41) is 0.221. The molecule has 0 unspecified atom stereocenters. The Morgan fingerprint density at radius 3 is 2.55 bits per heavy atom. The average molecular weight is 291 g/mol. The van der Waals surface area contributed by atoms with Crippen LogP contribution in [-0.2, 0) is 4.74 Å². The minimum absolute atomic E-state index is 0.102. The van der Waals surface area contributed by atoms with Gasteiger partial charge in [-0.15, -0.1) is 0 Å². The number of hydrogen-bond acceptors (Lipinski definition) is 6. The maximum Gasteiger partial charge on any atom is 0.354 e. The molecule has 0 amide bonds. The molecule has 0 aliphatic heterocycles. The van der Waals surface area contributed by atoms with E-state index < -0.39 is 5.97 Å². The molecule has 2 aromatic rings. The first-order valence-electron chi connectivity index (χ1n) is 6.03. The maximum absolute atomic E-state index is 11.8. The van der Waals surface area contributed by atoms with Crippen LogP contribution in [-0.4, -0.2) is 23.3 Å². The number of esters is 1. The van der Waals surface area contributed by atoms with Crippen molar-refractivity contribution >= 4 is 23.1 Å². The van der Waals surface area contributed by atoms with Crippen LogP contribution in [0.5, 0.6) is 11.6 Å². The molecule has 0 aliphatic rings. The van der Waals surface area contributed by atoms with Gasteiger partial charge in [-0.25, -0.2) is 4.79 Å². The highest BCUT2D eigenvalue weighted by molar-refractivity contribution is 7.15. The Balaban J connectivity index is 2.34. The van der Waals surface area contributed by atoms with Crippen molar-refractivity contribution in [3.8, 4) is 11.6 Å². The molecule has 1 aromatic heterocycles. The summed E-state index contributed by atoms with van der Waals surface area (Å²) in [7, 11) is 0. The highest BCUT2D eigenvalue weighted by Crippen LogP contribution is 2.30. The van der Waals surface area contributed by atoms with E-state index in [0.29, 0.717) is 5.75 Å². The Labute approximate surface area is 120 Å². The van der Waals surface area contributed by atoms with E-state index in [1.54, 1.807) is 31.2 Å². The molecule has 0 N–H and O–H groups in total. The zero-order valence-electron chi connectivity index (χ0n) is 11.1. The lowest BCUT2D eigenvalue weighted by Gasteiger charge is -2.04. The summed E-state index contributed by atoms with van der Waals surface area (Å²) in [6.45, 7) is 3.35. The largest absolute Gasteiger partial charge is 0.462 e. The van der Waals surface area contributed by atoms with Crippen molar-refractivity contribution < 1.29 is 19.1 Å². The van der Waals surface area contributed by atoms with E-state index in [2.05, 4.69) is 4.98 Å². The molecule has 1 aromatic carbocycles. The molecule has 20 heavy (non-hydrogen) atoms. The zero-order chi connectivity index (χ0) is 14.5. The third-order valence-electron chi connectivity index (χ3n) is 2.32. The van der Waals surface area contributed by atoms with Crippen molar-refractivity contribution in [3.05, 3.63) is 40.2 Å². The molecule has 0 saturated heterocycles. The van der Waals surface area contributed by atoms with Crippen molar-refractivity contribution in [1.29, 1.82) is 0 Å². The normalized spacial score (nSPS) is 10.1. The third kappa shape index (κ3) is 3.21. The molecule has 6 heteroatoms. The van der Waals surface area contributed by atoms with Gasteiger partial charge >= 0.3 is 5.97 Å². The van der Waals surface area contributed by atoms with E-state index in [1.807, 2.05) is 6.07 Å². The van der Waals surface area contributed by atoms with Crippen LogP contribution < -0.4 is 4.74 Å². The number of rotatable bonds is 5. The molecular formula is C14H13NO4S. The van der Waals surface area contributed by atoms with Crippen LogP contribution in [0.2, 0.25) is 0 Å². The zero-order valence-corrected chi connectivity index (χ0v) is 11.9. The lowest BCUT2D eigenvalue weighted by molar-refractivity contribution is 0.0529. The number of hydrogen-bond donors (Lipinski definition) is 0. The molecular weight excluding hydrogens is 278 g/mol. The number of carbonyl (C=O) groups excluding carboxylic acids is 2. The molecule has 1 heterocycles. The molecule has 0 radical (unpaired) electrons. The summed E-state index contributed by atoms with van der Waals surface area (Å²) < 4.78 is 10.5. The van der Waals surface area contributed by atoms with Crippen molar-refractivity contribution in [2.24, 2.45) is 0 Å². The van der Waals surface area contributed by atoms with Crippen LogP contribution in [0.4, 0.5) is 0 Å². The van der Waals surface area contributed by atoms with Gasteiger partial charge in [-0.2, -0.15) is 4.98 Å². The molecule has 0 spiro atoms. The predicted octanol–water partition coefficient (Wildman–Crippen LogP) is 3.31. The van der Waals surface area contributed by atoms with E-state index in [9.17, 15) is 9.59 Å². The van der Waals surface area contributed by atoms with Gasteiger partial charge in [0, 0.05) is 6.92 Å². The maximum atomic E-state index is 11.8. The molecule has 5 nitrogen and oxygen atoms in total. The molecule has 2 rings (SSSR count). The van der Waals surface area contributed by atoms with Gasteiger partial charge in [-0.3, -0.25) is 4.79 Å². The Morgan fingerprint density at radius 1 is 1.25 bits per heavy atom. The second-order valence-electron chi connectivity index (χ2n) is 3.85. The minimum Gasteiger partial charge on any atom is -0.462 e. The first kappa shape index (κ1) is 14.2. The third-order valence-corrected chi connectivity index (χ3v) is 3.43. The van der Waals surface area contributed by atoms with Crippen LogP contribution in [0.25, 0.3) is 0 Å². The highest BCUT2D eigenvalue weighted by Gasteiger charge is 2.22. The Kier molecular flexibility index (Phi) is 4.47. The summed E-state index contributed by atoms with van der Waals surface area (Å²) in [4.78, 5) is 27.5. The number of benzene rings is 1. The summed E-state index contributed by atoms with van der Waals surface area (Å²) >= 11 is 0.975. The molecule has 0 bridgehead atoms. The van der Waals surface area contributed by atoms with Crippen molar-refractivity contribution in [1.82, 2.24) is 4.98 Å². The number of para-hydroxylation sites is 1. The van der Waals surface area contributed by atoms with Crippen molar-refractivity contribution in [2.45, 2.75) is 13.8 Å². The van der Waals surface area contributed by atoms with E-state index >= 15 is 0 Å². The van der Waals surface area contributed by atoms with Crippen molar-refractivity contribution in [3.63, 3.8) is 0 Å². The van der Waals surface area contributed by atoms with Crippen LogP contribution in [0, 0.1) is 0 Å². The molecule has 0 atom stereocenters. The molecule has 104 valence electrons. The highest BCUT2D eigenvalue weighted by atomic mass is 32.1. The van der Waals surface area contributed by atoms with E-state index in [1.165, 1.54) is 6.92 Å². The lowest BCUT2D eigenvalue weighted by atomic mass is 10.3. The van der Waals surface area contributed by atoms with E-state index in [4.69, 9.17) is 9.47 Å². The van der Waals surface area contributed by atoms with E-state index in [0.717, 1.165) is 11.3 Å². The summed E-state index contributed by atoms with van der Waals surface area (Å²) in [6, 6.07) is 8.93. The number of ether oxygens (including phenoxy) is 2. The van der Waals surface area contributed by atoms with Gasteiger partial charge in [0.2, 0.25) is 5.88 Å². The lowest BCUT2D eigenvalue weighted by Crippen LogP contribution is -2.04. The van der Waals surface area contributed by atoms with Crippen LogP contribution in [0.3, 0.4) is 0 Å². The predicted molar refractivity (Wildman–Crippen MR) is 74.6 cm³/mol. The average Bonchev–Trinajstić information content (AvgIpc) is 2.84. The topological polar surface area (TPSA) is 65.5 Å². The first-order valence-corrected chi connectivity index (χ1v) is 6.85. The summed E-state index contributed by atoms with van der Waals surface area (Å²) in [5.74, 6) is -0.116. The molecule has 0 aliphatic carbocycles. The van der Waals surface area contributed by atoms with Crippen LogP contribution >= 0.6 is 11.3 Å². The standard InChI is InChI=1S/C14H13NO4S/c1-3-18-14(17)11-12(15-13(20-11)9(2)16)19-10-7-5-4-6-8-10/h4-8H,3H2,1-2H3. The fraction of sp³-hybridized carbons (Fsp3) is 0.214. The second-order valence-corrected chi connectivity index (χ2v) is 4.84. The van der Waals surface area contributed by atoms with Gasteiger partial charge in [0.15, 0.2) is 15.7 Å². The Morgan fingerprint density at radius 2 is 1.95 bits per heavy atom. The fourth-order valence-electron chi connectivity index (χ4n) is 1.45. The van der Waals surface area contributed by atoms with Gasteiger partial charge in [0.05, 0.1) is 6.61 Å². The number of Topliss-reactive ketones (excluding diaryl/α,β-unsaturated/α-hetero) is 1.